The minimum absolute atomic E-state index is 0.0626. The molecule has 0 saturated carbocycles. The number of ether oxygens (including phenoxy) is 1. The zero-order valence-corrected chi connectivity index (χ0v) is 16.0. The van der Waals surface area contributed by atoms with Crippen LogP contribution in [0.15, 0.2) is 48.5 Å². The number of nitrogens with one attached hydrogen (secondary N) is 1. The lowest BCUT2D eigenvalue weighted by molar-refractivity contribution is -0.144. The number of nitrogens with zero attached hydrogens (tertiary/aromatic N) is 1. The standard InChI is InChI=1S/C20H18ClN3O5/c21-13-7-5-12(6-8-13)16(23-20(22)28)11-17(25)29-10-9-24-18(26)14-3-1-2-4-15(14)19(24)27/h1-8,16H,9-11H2,(H3,22,23,28)/t16-/m0/s1. The third-order valence-corrected chi connectivity index (χ3v) is 4.67. The molecule has 0 saturated heterocycles. The maximum absolute atomic E-state index is 12.3. The number of rotatable bonds is 7. The summed E-state index contributed by atoms with van der Waals surface area (Å²) in [7, 11) is 0. The van der Waals surface area contributed by atoms with E-state index in [0.717, 1.165) is 4.90 Å². The Morgan fingerprint density at radius 3 is 2.17 bits per heavy atom. The van der Waals surface area contributed by atoms with Crippen LogP contribution in [0.4, 0.5) is 4.79 Å². The number of carbonyl (C=O) groups excluding carboxylic acids is 4. The van der Waals surface area contributed by atoms with Gasteiger partial charge in [-0.25, -0.2) is 4.79 Å². The Kier molecular flexibility index (Phi) is 6.13. The third kappa shape index (κ3) is 4.72. The molecule has 1 heterocycles. The van der Waals surface area contributed by atoms with Crippen molar-refractivity contribution in [2.24, 2.45) is 5.73 Å². The van der Waals surface area contributed by atoms with Crippen LogP contribution in [0, 0.1) is 0 Å². The van der Waals surface area contributed by atoms with Crippen LogP contribution in [-0.2, 0) is 9.53 Å². The largest absolute Gasteiger partial charge is 0.464 e. The fourth-order valence-corrected chi connectivity index (χ4v) is 3.16. The molecule has 1 aliphatic heterocycles. The van der Waals surface area contributed by atoms with Crippen LogP contribution < -0.4 is 11.1 Å². The van der Waals surface area contributed by atoms with E-state index in [2.05, 4.69) is 5.32 Å². The Bertz CT molecular complexity index is 926. The van der Waals surface area contributed by atoms with Gasteiger partial charge in [-0.15, -0.1) is 0 Å². The summed E-state index contributed by atoms with van der Waals surface area (Å²) in [5.74, 6) is -1.46. The number of primary amides is 1. The predicted octanol–water partition coefficient (Wildman–Crippen LogP) is 2.28. The number of hydrogen-bond donors (Lipinski definition) is 2. The van der Waals surface area contributed by atoms with Crippen molar-refractivity contribution in [3.63, 3.8) is 0 Å². The van der Waals surface area contributed by atoms with E-state index in [9.17, 15) is 19.2 Å². The molecule has 0 spiro atoms. The molecule has 0 radical (unpaired) electrons. The van der Waals surface area contributed by atoms with E-state index >= 15 is 0 Å². The van der Waals surface area contributed by atoms with Gasteiger partial charge in [0.2, 0.25) is 0 Å². The van der Waals surface area contributed by atoms with Gasteiger partial charge in [0.15, 0.2) is 0 Å². The highest BCUT2D eigenvalue weighted by atomic mass is 35.5. The molecule has 2 aromatic carbocycles. The molecule has 3 N–H and O–H groups in total. The van der Waals surface area contributed by atoms with Crippen LogP contribution >= 0.6 is 11.6 Å². The van der Waals surface area contributed by atoms with Crippen LogP contribution in [0.5, 0.6) is 0 Å². The summed E-state index contributed by atoms with van der Waals surface area (Å²) in [6.45, 7) is -0.221. The van der Waals surface area contributed by atoms with E-state index in [1.807, 2.05) is 0 Å². The normalized spacial score (nSPS) is 13.8. The number of fused-ring (bicyclic) bond motifs is 1. The van der Waals surface area contributed by atoms with Gasteiger partial charge in [-0.05, 0) is 29.8 Å². The van der Waals surface area contributed by atoms with Crippen molar-refractivity contribution in [1.82, 2.24) is 10.2 Å². The minimum atomic E-state index is -0.788. The molecular weight excluding hydrogens is 398 g/mol. The van der Waals surface area contributed by atoms with Gasteiger partial charge >= 0.3 is 12.0 Å². The highest BCUT2D eigenvalue weighted by molar-refractivity contribution is 6.30. The Morgan fingerprint density at radius 2 is 1.62 bits per heavy atom. The van der Waals surface area contributed by atoms with Gasteiger partial charge in [0.05, 0.1) is 30.1 Å². The molecule has 0 aliphatic carbocycles. The Labute approximate surface area is 171 Å². The second-order valence-electron chi connectivity index (χ2n) is 6.34. The van der Waals surface area contributed by atoms with Gasteiger partial charge in [0.25, 0.3) is 11.8 Å². The van der Waals surface area contributed by atoms with Gasteiger partial charge in [0.1, 0.15) is 6.61 Å². The highest BCUT2D eigenvalue weighted by Gasteiger charge is 2.34. The van der Waals surface area contributed by atoms with Crippen molar-refractivity contribution in [2.45, 2.75) is 12.5 Å². The van der Waals surface area contributed by atoms with E-state index in [1.54, 1.807) is 48.5 Å². The van der Waals surface area contributed by atoms with Gasteiger partial charge < -0.3 is 15.8 Å². The van der Waals surface area contributed by atoms with E-state index in [4.69, 9.17) is 22.1 Å². The second kappa shape index (κ2) is 8.74. The molecule has 2 aromatic rings. The smallest absolute Gasteiger partial charge is 0.312 e. The summed E-state index contributed by atoms with van der Waals surface area (Å²) in [5.41, 5.74) is 6.47. The first-order valence-corrected chi connectivity index (χ1v) is 9.17. The van der Waals surface area contributed by atoms with Crippen LogP contribution in [0.3, 0.4) is 0 Å². The average molecular weight is 416 g/mol. The van der Waals surface area contributed by atoms with E-state index in [0.29, 0.717) is 21.7 Å². The summed E-state index contributed by atoms with van der Waals surface area (Å²) in [5, 5.41) is 2.99. The molecule has 0 fully saturated rings. The first-order valence-electron chi connectivity index (χ1n) is 8.79. The van der Waals surface area contributed by atoms with Gasteiger partial charge in [-0.1, -0.05) is 35.9 Å². The van der Waals surface area contributed by atoms with Crippen molar-refractivity contribution in [3.05, 3.63) is 70.2 Å². The zero-order valence-electron chi connectivity index (χ0n) is 15.3. The number of urea groups is 1. The topological polar surface area (TPSA) is 119 Å². The quantitative estimate of drug-likeness (QED) is 0.531. The molecule has 8 nitrogen and oxygen atoms in total. The molecule has 4 amide bonds. The van der Waals surface area contributed by atoms with E-state index in [-0.39, 0.29) is 19.6 Å². The van der Waals surface area contributed by atoms with Crippen molar-refractivity contribution >= 4 is 35.4 Å². The summed E-state index contributed by atoms with van der Waals surface area (Å²) in [6.07, 6.45) is -0.174. The molecule has 1 aliphatic rings. The maximum atomic E-state index is 12.3. The minimum Gasteiger partial charge on any atom is -0.464 e. The summed E-state index contributed by atoms with van der Waals surface area (Å²) >= 11 is 5.85. The van der Waals surface area contributed by atoms with Crippen LogP contribution in [0.1, 0.15) is 38.7 Å². The molecular formula is C20H18ClN3O5. The number of halogens is 1. The number of benzene rings is 2. The Balaban J connectivity index is 1.56. The second-order valence-corrected chi connectivity index (χ2v) is 6.78. The monoisotopic (exact) mass is 415 g/mol. The molecule has 0 bridgehead atoms. The van der Waals surface area contributed by atoms with Crippen LogP contribution in [0.2, 0.25) is 5.02 Å². The van der Waals surface area contributed by atoms with Crippen molar-refractivity contribution in [3.8, 4) is 0 Å². The number of carbonyl (C=O) groups is 4. The predicted molar refractivity (Wildman–Crippen MR) is 104 cm³/mol. The molecule has 29 heavy (non-hydrogen) atoms. The first-order chi connectivity index (χ1) is 13.9. The Hall–Kier alpha value is -3.39. The zero-order chi connectivity index (χ0) is 21.0. The maximum Gasteiger partial charge on any atom is 0.312 e. The summed E-state index contributed by atoms with van der Waals surface area (Å²) < 4.78 is 5.15. The summed E-state index contributed by atoms with van der Waals surface area (Å²) in [4.78, 5) is 49.1. The van der Waals surface area contributed by atoms with Gasteiger partial charge in [-0.2, -0.15) is 0 Å². The Morgan fingerprint density at radius 1 is 1.03 bits per heavy atom. The molecule has 3 rings (SSSR count). The first kappa shape index (κ1) is 20.3. The summed E-state index contributed by atoms with van der Waals surface area (Å²) in [6, 6.07) is 11.6. The lowest BCUT2D eigenvalue weighted by Gasteiger charge is -2.18. The fourth-order valence-electron chi connectivity index (χ4n) is 3.04. The lowest BCUT2D eigenvalue weighted by Crippen LogP contribution is -2.36. The SMILES string of the molecule is NC(=O)N[C@@H](CC(=O)OCCN1C(=O)c2ccccc2C1=O)c1ccc(Cl)cc1. The van der Waals surface area contributed by atoms with E-state index < -0.39 is 29.9 Å². The number of imide groups is 1. The van der Waals surface area contributed by atoms with Crippen molar-refractivity contribution in [2.75, 3.05) is 13.2 Å². The molecule has 150 valence electrons. The third-order valence-electron chi connectivity index (χ3n) is 4.42. The number of hydrogen-bond acceptors (Lipinski definition) is 5. The molecule has 1 atom stereocenters. The number of nitrogens with two attached hydrogens (primary N) is 1. The fraction of sp³-hybridized carbons (Fsp3) is 0.200. The molecule has 9 heteroatoms. The lowest BCUT2D eigenvalue weighted by atomic mass is 10.0. The molecule has 0 aromatic heterocycles. The van der Waals surface area contributed by atoms with Crippen LogP contribution in [-0.4, -0.2) is 41.9 Å². The van der Waals surface area contributed by atoms with E-state index in [1.165, 1.54) is 0 Å². The number of amides is 4. The van der Waals surface area contributed by atoms with Crippen molar-refractivity contribution in [1.29, 1.82) is 0 Å². The van der Waals surface area contributed by atoms with Gasteiger partial charge in [0, 0.05) is 5.02 Å². The van der Waals surface area contributed by atoms with Crippen molar-refractivity contribution < 1.29 is 23.9 Å². The molecule has 0 unspecified atom stereocenters. The van der Waals surface area contributed by atoms with Crippen LogP contribution in [0.25, 0.3) is 0 Å². The van der Waals surface area contributed by atoms with Gasteiger partial charge in [-0.3, -0.25) is 19.3 Å². The average Bonchev–Trinajstić information content (AvgIpc) is 2.93. The number of esters is 1. The highest BCUT2D eigenvalue weighted by Crippen LogP contribution is 2.22.